The highest BCUT2D eigenvalue weighted by atomic mass is 16.7. The first kappa shape index (κ1) is 39.0. The van der Waals surface area contributed by atoms with Crippen molar-refractivity contribution in [2.24, 2.45) is 17.3 Å². The van der Waals surface area contributed by atoms with Crippen LogP contribution in [0.5, 0.6) is 5.75 Å². The molecule has 10 unspecified atom stereocenters. The molecule has 0 spiro atoms. The number of methoxy groups -OCH3 is 1. The van der Waals surface area contributed by atoms with E-state index in [4.69, 9.17) is 23.7 Å². The van der Waals surface area contributed by atoms with Gasteiger partial charge in [-0.25, -0.2) is 0 Å². The van der Waals surface area contributed by atoms with E-state index in [2.05, 4.69) is 23.6 Å². The fraction of sp³-hybridized carbons (Fsp3) is 0.757. The van der Waals surface area contributed by atoms with Gasteiger partial charge in [0.05, 0.1) is 31.3 Å². The van der Waals surface area contributed by atoms with Crippen LogP contribution in [0.25, 0.3) is 0 Å². The zero-order valence-electron chi connectivity index (χ0n) is 30.2. The number of aliphatic hydroxyl groups is 5. The maximum atomic E-state index is 13.3. The number of carbonyl (C=O) groups is 3. The van der Waals surface area contributed by atoms with Crippen molar-refractivity contribution < 1.29 is 63.6 Å². The lowest BCUT2D eigenvalue weighted by molar-refractivity contribution is -0.325. The third-order valence-electron chi connectivity index (χ3n) is 12.4. The Hall–Kier alpha value is -2.73. The number of aliphatic hydroxyl groups excluding tert-OH is 5. The topological polar surface area (TPSA) is 223 Å². The molecule has 2 saturated heterocycles. The molecule has 4 fully saturated rings. The Balaban J connectivity index is 1.04. The predicted molar refractivity (Wildman–Crippen MR) is 182 cm³/mol. The number of ether oxygens (including phenoxy) is 5. The average molecular weight is 735 g/mol. The molecule has 15 heteroatoms. The van der Waals surface area contributed by atoms with Gasteiger partial charge in [-0.05, 0) is 91.9 Å². The summed E-state index contributed by atoms with van der Waals surface area (Å²) in [4.78, 5) is 38.1. The van der Waals surface area contributed by atoms with E-state index in [0.717, 1.165) is 38.5 Å². The Morgan fingerprint density at radius 2 is 1.77 bits per heavy atom. The Bertz CT molecular complexity index is 1460. The van der Waals surface area contributed by atoms with Crippen LogP contribution in [0.15, 0.2) is 18.2 Å². The number of esters is 1. The fourth-order valence-corrected chi connectivity index (χ4v) is 9.63. The van der Waals surface area contributed by atoms with Crippen LogP contribution in [-0.4, -0.2) is 131 Å². The van der Waals surface area contributed by atoms with E-state index >= 15 is 0 Å². The second-order valence-corrected chi connectivity index (χ2v) is 15.4. The van der Waals surface area contributed by atoms with E-state index < -0.39 is 85.6 Å². The van der Waals surface area contributed by atoms with E-state index in [9.17, 15) is 39.9 Å². The molecule has 2 amide bonds. The van der Waals surface area contributed by atoms with Crippen LogP contribution in [0.3, 0.4) is 0 Å². The summed E-state index contributed by atoms with van der Waals surface area (Å²) >= 11 is 0. The maximum Gasteiger partial charge on any atom is 0.312 e. The molecule has 7 N–H and O–H groups in total. The highest BCUT2D eigenvalue weighted by Gasteiger charge is 2.55. The van der Waals surface area contributed by atoms with Gasteiger partial charge in [0.15, 0.2) is 12.4 Å². The number of hydrogen-bond donors (Lipinski definition) is 7. The Morgan fingerprint density at radius 1 is 1.00 bits per heavy atom. The second kappa shape index (κ2) is 15.9. The van der Waals surface area contributed by atoms with Crippen LogP contribution in [0.2, 0.25) is 0 Å². The summed E-state index contributed by atoms with van der Waals surface area (Å²) in [5.74, 6) is 0.183. The summed E-state index contributed by atoms with van der Waals surface area (Å²) in [5, 5.41) is 58.3. The summed E-state index contributed by atoms with van der Waals surface area (Å²) in [6.07, 6.45) is -6.86. The molecule has 3 aliphatic carbocycles. The van der Waals surface area contributed by atoms with Gasteiger partial charge in [0.1, 0.15) is 42.4 Å². The molecule has 15 atom stereocenters. The largest absolute Gasteiger partial charge is 0.426 e. The van der Waals surface area contributed by atoms with Crippen LogP contribution in [-0.2, 0) is 39.8 Å². The quantitative estimate of drug-likeness (QED) is 0.123. The normalized spacial score (nSPS) is 41.2. The lowest BCUT2D eigenvalue weighted by atomic mass is 9.55. The molecule has 2 saturated carbocycles. The monoisotopic (exact) mass is 734 g/mol. The smallest absolute Gasteiger partial charge is 0.312 e. The molecule has 2 heterocycles. The number of aryl methyl sites for hydroxylation is 1. The van der Waals surface area contributed by atoms with Crippen LogP contribution in [0.1, 0.15) is 76.3 Å². The lowest BCUT2D eigenvalue weighted by Crippen LogP contribution is -2.68. The van der Waals surface area contributed by atoms with Gasteiger partial charge in [-0.2, -0.15) is 0 Å². The van der Waals surface area contributed by atoms with Crippen molar-refractivity contribution in [2.75, 3.05) is 20.3 Å². The first-order valence-corrected chi connectivity index (χ1v) is 18.5. The van der Waals surface area contributed by atoms with Gasteiger partial charge in [-0.3, -0.25) is 14.4 Å². The molecule has 5 aliphatic rings. The number of amides is 2. The SMILES string of the molecule is COC1C(C(=O)NCCC(=O)Oc2ccc3c(c2)CC[C@@H]2[C@@H]3CC[C@]3(C)[C@@H](O)CC[C@@H]23)OC(OC2C(O)C(CO)OC(C)C2NC(C)=O)C(O)C1O. The van der Waals surface area contributed by atoms with Crippen LogP contribution in [0, 0.1) is 17.3 Å². The van der Waals surface area contributed by atoms with Crippen molar-refractivity contribution in [3.8, 4) is 5.75 Å². The Morgan fingerprint density at radius 3 is 2.48 bits per heavy atom. The minimum atomic E-state index is -1.73. The van der Waals surface area contributed by atoms with Crippen LogP contribution >= 0.6 is 0 Å². The number of rotatable bonds is 10. The first-order chi connectivity index (χ1) is 24.8. The summed E-state index contributed by atoms with van der Waals surface area (Å²) in [5.41, 5.74) is 2.49. The number of benzene rings is 1. The Labute approximate surface area is 303 Å². The van der Waals surface area contributed by atoms with E-state index in [1.165, 1.54) is 25.2 Å². The molecule has 1 aromatic carbocycles. The zero-order chi connectivity index (χ0) is 37.5. The van der Waals surface area contributed by atoms with Crippen LogP contribution in [0.4, 0.5) is 0 Å². The zero-order valence-corrected chi connectivity index (χ0v) is 30.2. The first-order valence-electron chi connectivity index (χ1n) is 18.5. The van der Waals surface area contributed by atoms with Gasteiger partial charge < -0.3 is 59.9 Å². The van der Waals surface area contributed by atoms with Crippen molar-refractivity contribution in [3.63, 3.8) is 0 Å². The average Bonchev–Trinajstić information content (AvgIpc) is 3.42. The summed E-state index contributed by atoms with van der Waals surface area (Å²) in [6.45, 7) is 4.43. The van der Waals surface area contributed by atoms with E-state index in [0.29, 0.717) is 23.5 Å². The van der Waals surface area contributed by atoms with Gasteiger partial charge in [0.2, 0.25) is 5.91 Å². The Kier molecular flexibility index (Phi) is 11.9. The maximum absolute atomic E-state index is 13.3. The molecule has 0 bridgehead atoms. The molecule has 15 nitrogen and oxygen atoms in total. The summed E-state index contributed by atoms with van der Waals surface area (Å²) < 4.78 is 28.3. The van der Waals surface area contributed by atoms with Crippen molar-refractivity contribution >= 4 is 17.8 Å². The predicted octanol–water partition coefficient (Wildman–Crippen LogP) is -0.193. The summed E-state index contributed by atoms with van der Waals surface area (Å²) in [6, 6.07) is 4.88. The molecule has 2 aliphatic heterocycles. The van der Waals surface area contributed by atoms with Crippen molar-refractivity contribution in [1.29, 1.82) is 0 Å². The molecule has 52 heavy (non-hydrogen) atoms. The number of fused-ring (bicyclic) bond motifs is 5. The van der Waals surface area contributed by atoms with Gasteiger partial charge in [-0.15, -0.1) is 0 Å². The highest BCUT2D eigenvalue weighted by Crippen LogP contribution is 2.61. The molecular weight excluding hydrogens is 680 g/mol. The van der Waals surface area contributed by atoms with E-state index in [-0.39, 0.29) is 24.5 Å². The standard InChI is InChI=1S/C37H54N2O13/c1-17-28(39-18(2)41)32(29(44)25(16-40)49-17)51-36-31(46)30(45)33(48-4)34(52-36)35(47)38-14-12-27(43)50-20-6-8-21-19(15-20)5-7-23-22(21)11-13-37(3)24(23)9-10-26(37)42/h6,8,15,17,22-26,28-34,36,40,42,44-46H,5,7,9-14,16H2,1-4H3,(H,38,47)(H,39,41)/t17?,22-,23-,24+,25?,26+,28?,29?,30?,31?,32?,33?,34?,36?,37+/m1/s1. The van der Waals surface area contributed by atoms with Crippen molar-refractivity contribution in [1.82, 2.24) is 10.6 Å². The van der Waals surface area contributed by atoms with Gasteiger partial charge >= 0.3 is 5.97 Å². The van der Waals surface area contributed by atoms with Gasteiger partial charge in [0.25, 0.3) is 5.91 Å². The molecule has 6 rings (SSSR count). The molecule has 290 valence electrons. The number of nitrogens with one attached hydrogen (secondary N) is 2. The number of hydrogen-bond acceptors (Lipinski definition) is 13. The fourth-order valence-electron chi connectivity index (χ4n) is 9.63. The third kappa shape index (κ3) is 7.49. The number of carbonyl (C=O) groups excluding carboxylic acids is 3. The molecule has 1 aromatic rings. The summed E-state index contributed by atoms with van der Waals surface area (Å²) in [7, 11) is 1.23. The minimum absolute atomic E-state index is 0.00393. The molecule has 0 radical (unpaired) electrons. The third-order valence-corrected chi connectivity index (χ3v) is 12.4. The second-order valence-electron chi connectivity index (χ2n) is 15.4. The van der Waals surface area contributed by atoms with Crippen LogP contribution < -0.4 is 15.4 Å². The van der Waals surface area contributed by atoms with E-state index in [1.54, 1.807) is 6.92 Å². The minimum Gasteiger partial charge on any atom is -0.426 e. The van der Waals surface area contributed by atoms with E-state index in [1.807, 2.05) is 12.1 Å². The molecular formula is C37H54N2O13. The lowest BCUT2D eigenvalue weighted by Gasteiger charge is -2.50. The molecule has 0 aromatic heterocycles. The highest BCUT2D eigenvalue weighted by molar-refractivity contribution is 5.82. The van der Waals surface area contributed by atoms with Crippen molar-refractivity contribution in [3.05, 3.63) is 29.3 Å². The van der Waals surface area contributed by atoms with Gasteiger partial charge in [-0.1, -0.05) is 13.0 Å². The van der Waals surface area contributed by atoms with Crippen molar-refractivity contribution in [2.45, 2.75) is 139 Å². The van der Waals surface area contributed by atoms with Gasteiger partial charge in [0, 0.05) is 20.6 Å².